The van der Waals surface area contributed by atoms with Gasteiger partial charge in [-0.2, -0.15) is 0 Å². The highest BCUT2D eigenvalue weighted by atomic mass is 79.9. The molecule has 0 saturated carbocycles. The van der Waals surface area contributed by atoms with Gasteiger partial charge in [-0.15, -0.1) is 0 Å². The molecular weight excluding hydrogens is 333 g/mol. The molecule has 19 heavy (non-hydrogen) atoms. The largest absolute Gasteiger partial charge is 0.318 e. The minimum atomic E-state index is -0.494. The maximum Gasteiger partial charge on any atom is 0.275 e. The third-order valence-corrected chi connectivity index (χ3v) is 3.38. The molecule has 0 radical (unpaired) electrons. The van der Waals surface area contributed by atoms with Crippen LogP contribution in [0.25, 0.3) is 0 Å². The van der Waals surface area contributed by atoms with Crippen molar-refractivity contribution in [2.24, 2.45) is 0 Å². The molecule has 0 aliphatic rings. The maximum absolute atomic E-state index is 13.4. The number of amides is 1. The number of carbonyl (C=O) groups excluding carboxylic acids is 1. The molecule has 4 nitrogen and oxygen atoms in total. The van der Waals surface area contributed by atoms with E-state index >= 15 is 0 Å². The Labute approximate surface area is 122 Å². The number of hydrogen-bond donors (Lipinski definition) is 1. The molecule has 0 spiro atoms. The zero-order valence-electron chi connectivity index (χ0n) is 9.85. The minimum absolute atomic E-state index is 0.115. The summed E-state index contributed by atoms with van der Waals surface area (Å²) < 4.78 is 13.9. The van der Waals surface area contributed by atoms with E-state index in [9.17, 15) is 9.18 Å². The Balaban J connectivity index is 2.28. The number of benzene rings is 1. The molecule has 0 bridgehead atoms. The van der Waals surface area contributed by atoms with Crippen molar-refractivity contribution in [1.29, 1.82) is 0 Å². The van der Waals surface area contributed by atoms with Crippen LogP contribution in [0, 0.1) is 5.82 Å². The molecule has 1 aromatic heterocycles. The van der Waals surface area contributed by atoms with E-state index in [1.54, 1.807) is 12.1 Å². The fourth-order valence-electron chi connectivity index (χ4n) is 1.35. The van der Waals surface area contributed by atoms with E-state index in [2.05, 4.69) is 31.2 Å². The molecule has 2 aromatic rings. The van der Waals surface area contributed by atoms with Crippen molar-refractivity contribution in [2.45, 2.75) is 5.16 Å². The second-order valence-electron chi connectivity index (χ2n) is 3.49. The first-order chi connectivity index (χ1) is 9.11. The summed E-state index contributed by atoms with van der Waals surface area (Å²) in [7, 11) is 0. The summed E-state index contributed by atoms with van der Waals surface area (Å²) in [6, 6.07) is 5.95. The zero-order chi connectivity index (χ0) is 13.8. The molecule has 7 heteroatoms. The van der Waals surface area contributed by atoms with Gasteiger partial charge < -0.3 is 5.32 Å². The van der Waals surface area contributed by atoms with Crippen molar-refractivity contribution in [2.75, 3.05) is 11.6 Å². The van der Waals surface area contributed by atoms with Crippen LogP contribution in [0.2, 0.25) is 0 Å². The normalized spacial score (nSPS) is 10.3. The molecule has 1 N–H and O–H groups in total. The van der Waals surface area contributed by atoms with E-state index in [1.165, 1.54) is 30.1 Å². The number of anilines is 1. The summed E-state index contributed by atoms with van der Waals surface area (Å²) in [5.41, 5.74) is 0.284. The lowest BCUT2D eigenvalue weighted by Gasteiger charge is -2.07. The van der Waals surface area contributed by atoms with Gasteiger partial charge >= 0.3 is 0 Å². The van der Waals surface area contributed by atoms with Gasteiger partial charge in [0.15, 0.2) is 5.16 Å². The maximum atomic E-state index is 13.4. The molecule has 1 aromatic carbocycles. The van der Waals surface area contributed by atoms with Crippen LogP contribution in [0.5, 0.6) is 0 Å². The van der Waals surface area contributed by atoms with Crippen LogP contribution in [0.3, 0.4) is 0 Å². The van der Waals surface area contributed by atoms with E-state index < -0.39 is 11.7 Å². The summed E-state index contributed by atoms with van der Waals surface area (Å²) in [5.74, 6) is -0.985. The van der Waals surface area contributed by atoms with Gasteiger partial charge in [0.25, 0.3) is 5.91 Å². The van der Waals surface area contributed by atoms with Gasteiger partial charge in [0.1, 0.15) is 11.5 Å². The monoisotopic (exact) mass is 341 g/mol. The van der Waals surface area contributed by atoms with Gasteiger partial charge in [0.05, 0.1) is 10.2 Å². The Morgan fingerprint density at radius 2 is 2.16 bits per heavy atom. The summed E-state index contributed by atoms with van der Waals surface area (Å²) in [4.78, 5) is 20.2. The van der Waals surface area contributed by atoms with Crippen LogP contribution in [-0.4, -0.2) is 22.1 Å². The van der Waals surface area contributed by atoms with Crippen LogP contribution in [-0.2, 0) is 0 Å². The van der Waals surface area contributed by atoms with E-state index in [0.717, 1.165) is 0 Å². The first kappa shape index (κ1) is 14.0. The fraction of sp³-hybridized carbons (Fsp3) is 0.0833. The summed E-state index contributed by atoms with van der Waals surface area (Å²) in [5, 5.41) is 2.95. The van der Waals surface area contributed by atoms with Crippen molar-refractivity contribution in [3.63, 3.8) is 0 Å². The summed E-state index contributed by atoms with van der Waals surface area (Å²) in [6.07, 6.45) is 3.30. The fourth-order valence-corrected chi connectivity index (χ4v) is 2.06. The van der Waals surface area contributed by atoms with Crippen molar-refractivity contribution in [3.8, 4) is 0 Å². The third-order valence-electron chi connectivity index (χ3n) is 2.24. The molecule has 98 valence electrons. The number of aromatic nitrogens is 2. The highest BCUT2D eigenvalue weighted by Gasteiger charge is 2.15. The molecule has 1 amide bonds. The van der Waals surface area contributed by atoms with E-state index in [-0.39, 0.29) is 11.4 Å². The number of nitrogens with one attached hydrogen (secondary N) is 1. The lowest BCUT2D eigenvalue weighted by molar-refractivity contribution is 0.102. The van der Waals surface area contributed by atoms with Gasteiger partial charge in [-0.25, -0.2) is 14.4 Å². The molecule has 0 atom stereocenters. The van der Waals surface area contributed by atoms with Crippen LogP contribution in [0.4, 0.5) is 10.1 Å². The number of rotatable bonds is 3. The topological polar surface area (TPSA) is 54.9 Å². The predicted octanol–water partition coefficient (Wildman–Crippen LogP) is 3.35. The van der Waals surface area contributed by atoms with Crippen molar-refractivity contribution < 1.29 is 9.18 Å². The van der Waals surface area contributed by atoms with Crippen molar-refractivity contribution in [3.05, 3.63) is 46.4 Å². The first-order valence-corrected chi connectivity index (χ1v) is 7.26. The van der Waals surface area contributed by atoms with E-state index in [4.69, 9.17) is 0 Å². The second kappa shape index (κ2) is 6.12. The Morgan fingerprint density at radius 1 is 1.42 bits per heavy atom. The molecule has 0 aliphatic carbocycles. The highest BCUT2D eigenvalue weighted by molar-refractivity contribution is 9.10. The van der Waals surface area contributed by atoms with Gasteiger partial charge in [0.2, 0.25) is 0 Å². The van der Waals surface area contributed by atoms with Crippen LogP contribution in [0.1, 0.15) is 10.5 Å². The molecule has 0 aliphatic heterocycles. The average Bonchev–Trinajstić information content (AvgIpc) is 2.42. The number of para-hydroxylation sites is 1. The Hall–Kier alpha value is -1.47. The Bertz CT molecular complexity index is 624. The third kappa shape index (κ3) is 3.30. The molecule has 2 rings (SSSR count). The minimum Gasteiger partial charge on any atom is -0.318 e. The van der Waals surface area contributed by atoms with E-state index in [0.29, 0.717) is 9.63 Å². The lowest BCUT2D eigenvalue weighted by atomic mass is 10.3. The summed E-state index contributed by atoms with van der Waals surface area (Å²) >= 11 is 4.52. The summed E-state index contributed by atoms with van der Waals surface area (Å²) in [6.45, 7) is 0. The quantitative estimate of drug-likeness (QED) is 0.687. The zero-order valence-corrected chi connectivity index (χ0v) is 12.3. The molecule has 1 heterocycles. The van der Waals surface area contributed by atoms with Gasteiger partial charge in [-0.1, -0.05) is 23.9 Å². The first-order valence-electron chi connectivity index (χ1n) is 5.24. The number of thioether (sulfide) groups is 1. The van der Waals surface area contributed by atoms with Crippen LogP contribution < -0.4 is 5.32 Å². The smallest absolute Gasteiger partial charge is 0.275 e. The van der Waals surface area contributed by atoms with E-state index in [1.807, 2.05) is 6.26 Å². The molecule has 0 fully saturated rings. The van der Waals surface area contributed by atoms with Crippen LogP contribution >= 0.6 is 27.7 Å². The van der Waals surface area contributed by atoms with Crippen LogP contribution in [0.15, 0.2) is 40.1 Å². The lowest BCUT2D eigenvalue weighted by Crippen LogP contribution is -2.16. The standard InChI is InChI=1S/C12H9BrFN3OS/c1-19-12-15-6-7(13)10(17-12)11(18)16-9-5-3-2-4-8(9)14/h2-6H,1H3,(H,16,18). The Morgan fingerprint density at radius 3 is 2.84 bits per heavy atom. The molecule has 0 unspecified atom stereocenters. The highest BCUT2D eigenvalue weighted by Crippen LogP contribution is 2.19. The van der Waals surface area contributed by atoms with Crippen molar-refractivity contribution >= 4 is 39.3 Å². The Kier molecular flexibility index (Phi) is 4.49. The average molecular weight is 342 g/mol. The van der Waals surface area contributed by atoms with Gasteiger partial charge in [-0.05, 0) is 34.3 Å². The van der Waals surface area contributed by atoms with Crippen molar-refractivity contribution in [1.82, 2.24) is 9.97 Å². The van der Waals surface area contributed by atoms with Gasteiger partial charge in [0, 0.05) is 6.20 Å². The second-order valence-corrected chi connectivity index (χ2v) is 5.11. The predicted molar refractivity (Wildman–Crippen MR) is 75.9 cm³/mol. The molecular formula is C12H9BrFN3OS. The number of hydrogen-bond acceptors (Lipinski definition) is 4. The van der Waals surface area contributed by atoms with Gasteiger partial charge in [-0.3, -0.25) is 4.79 Å². The number of carbonyl (C=O) groups is 1. The number of halogens is 2. The molecule has 0 saturated heterocycles. The number of nitrogens with zero attached hydrogens (tertiary/aromatic N) is 2. The SMILES string of the molecule is CSc1ncc(Br)c(C(=O)Nc2ccccc2F)n1.